The fraction of sp³-hybridized carbons (Fsp3) is 0.286. The third-order valence-electron chi connectivity index (χ3n) is 4.56. The van der Waals surface area contributed by atoms with Gasteiger partial charge in [0.05, 0.1) is 0 Å². The summed E-state index contributed by atoms with van der Waals surface area (Å²) in [4.78, 5) is 16.6. The van der Waals surface area contributed by atoms with E-state index in [1.807, 2.05) is 41.3 Å². The normalized spacial score (nSPS) is 15.0. The molecular formula is C21H23ClN2O. The number of hydrogen-bond donors (Lipinski definition) is 0. The number of piperazine rings is 1. The zero-order chi connectivity index (χ0) is 17.8. The molecule has 1 saturated heterocycles. The Morgan fingerprint density at radius 1 is 1.04 bits per heavy atom. The van der Waals surface area contributed by atoms with Gasteiger partial charge < -0.3 is 9.80 Å². The lowest BCUT2D eigenvalue weighted by atomic mass is 10.1. The summed E-state index contributed by atoms with van der Waals surface area (Å²) < 4.78 is 0. The van der Waals surface area contributed by atoms with Crippen molar-refractivity contribution in [2.45, 2.75) is 13.8 Å². The number of aryl methyl sites for hydroxylation is 2. The average molecular weight is 355 g/mol. The molecule has 0 bridgehead atoms. The van der Waals surface area contributed by atoms with Crippen molar-refractivity contribution >= 4 is 29.3 Å². The maximum Gasteiger partial charge on any atom is 0.246 e. The van der Waals surface area contributed by atoms with Crippen LogP contribution in [0.25, 0.3) is 6.08 Å². The summed E-state index contributed by atoms with van der Waals surface area (Å²) in [5.74, 6) is 0.0731. The number of amides is 1. The highest BCUT2D eigenvalue weighted by molar-refractivity contribution is 6.30. The van der Waals surface area contributed by atoms with Crippen LogP contribution in [0.1, 0.15) is 16.7 Å². The molecule has 0 radical (unpaired) electrons. The standard InChI is InChI=1S/C21H23ClN2O/c1-16-4-3-5-18(14-16)7-9-21(25)24-12-10-23(11-13-24)20-15-19(22)8-6-17(20)2/h3-9,14-15H,10-13H2,1-2H3/b9-7+. The van der Waals surface area contributed by atoms with E-state index >= 15 is 0 Å². The van der Waals surface area contributed by atoms with Crippen molar-refractivity contribution in [3.8, 4) is 0 Å². The van der Waals surface area contributed by atoms with E-state index < -0.39 is 0 Å². The van der Waals surface area contributed by atoms with Crippen LogP contribution in [0.4, 0.5) is 5.69 Å². The number of benzene rings is 2. The van der Waals surface area contributed by atoms with Crippen molar-refractivity contribution in [2.24, 2.45) is 0 Å². The van der Waals surface area contributed by atoms with E-state index in [1.165, 1.54) is 11.1 Å². The number of rotatable bonds is 3. The molecule has 0 saturated carbocycles. The molecule has 0 spiro atoms. The lowest BCUT2D eigenvalue weighted by Gasteiger charge is -2.36. The Labute approximate surface area is 154 Å². The molecule has 25 heavy (non-hydrogen) atoms. The summed E-state index contributed by atoms with van der Waals surface area (Å²) in [6, 6.07) is 14.1. The second-order valence-electron chi connectivity index (χ2n) is 6.49. The Bertz CT molecular complexity index is 792. The van der Waals surface area contributed by atoms with Crippen LogP contribution in [0, 0.1) is 13.8 Å². The number of carbonyl (C=O) groups is 1. The first-order valence-corrected chi connectivity index (χ1v) is 8.95. The van der Waals surface area contributed by atoms with Crippen LogP contribution >= 0.6 is 11.6 Å². The summed E-state index contributed by atoms with van der Waals surface area (Å²) in [6.45, 7) is 7.24. The number of anilines is 1. The van der Waals surface area contributed by atoms with Gasteiger partial charge in [0.1, 0.15) is 0 Å². The topological polar surface area (TPSA) is 23.6 Å². The van der Waals surface area contributed by atoms with E-state index in [4.69, 9.17) is 11.6 Å². The van der Waals surface area contributed by atoms with Crippen molar-refractivity contribution in [1.29, 1.82) is 0 Å². The first-order chi connectivity index (χ1) is 12.0. The highest BCUT2D eigenvalue weighted by Crippen LogP contribution is 2.25. The van der Waals surface area contributed by atoms with Crippen LogP contribution in [0.15, 0.2) is 48.5 Å². The van der Waals surface area contributed by atoms with Gasteiger partial charge >= 0.3 is 0 Å². The SMILES string of the molecule is Cc1cccc(/C=C/C(=O)N2CCN(c3cc(Cl)ccc3C)CC2)c1. The average Bonchev–Trinajstić information content (AvgIpc) is 2.62. The Hall–Kier alpha value is -2.26. The van der Waals surface area contributed by atoms with Gasteiger partial charge in [-0.1, -0.05) is 47.5 Å². The molecule has 0 N–H and O–H groups in total. The molecule has 1 amide bonds. The predicted molar refractivity (Wildman–Crippen MR) is 105 cm³/mol. The second-order valence-corrected chi connectivity index (χ2v) is 6.93. The molecule has 0 unspecified atom stereocenters. The van der Waals surface area contributed by atoms with Gasteiger partial charge in [0.15, 0.2) is 0 Å². The minimum absolute atomic E-state index is 0.0731. The first kappa shape index (κ1) is 17.6. The third-order valence-corrected chi connectivity index (χ3v) is 4.80. The van der Waals surface area contributed by atoms with Crippen molar-refractivity contribution < 1.29 is 4.79 Å². The van der Waals surface area contributed by atoms with Gasteiger partial charge in [-0.2, -0.15) is 0 Å². The number of hydrogen-bond acceptors (Lipinski definition) is 2. The van der Waals surface area contributed by atoms with Crippen LogP contribution < -0.4 is 4.90 Å². The summed E-state index contributed by atoms with van der Waals surface area (Å²) >= 11 is 6.13. The fourth-order valence-corrected chi connectivity index (χ4v) is 3.30. The Morgan fingerprint density at radius 2 is 1.80 bits per heavy atom. The Balaban J connectivity index is 1.60. The largest absolute Gasteiger partial charge is 0.368 e. The smallest absolute Gasteiger partial charge is 0.246 e. The van der Waals surface area contributed by atoms with E-state index in [-0.39, 0.29) is 5.91 Å². The second kappa shape index (κ2) is 7.75. The number of halogens is 1. The predicted octanol–water partition coefficient (Wildman–Crippen LogP) is 4.32. The molecule has 0 aromatic heterocycles. The minimum Gasteiger partial charge on any atom is -0.368 e. The van der Waals surface area contributed by atoms with E-state index in [9.17, 15) is 4.79 Å². The van der Waals surface area contributed by atoms with Gasteiger partial charge in [0.25, 0.3) is 0 Å². The van der Waals surface area contributed by atoms with E-state index in [0.717, 1.165) is 42.5 Å². The zero-order valence-corrected chi connectivity index (χ0v) is 15.5. The lowest BCUT2D eigenvalue weighted by molar-refractivity contribution is -0.126. The third kappa shape index (κ3) is 4.43. The van der Waals surface area contributed by atoms with Crippen LogP contribution in [0.5, 0.6) is 0 Å². The van der Waals surface area contributed by atoms with E-state index in [2.05, 4.69) is 30.9 Å². The van der Waals surface area contributed by atoms with E-state index in [1.54, 1.807) is 6.08 Å². The van der Waals surface area contributed by atoms with Crippen molar-refractivity contribution in [1.82, 2.24) is 4.90 Å². The lowest BCUT2D eigenvalue weighted by Crippen LogP contribution is -2.48. The van der Waals surface area contributed by atoms with Gasteiger partial charge in [-0.25, -0.2) is 0 Å². The minimum atomic E-state index is 0.0731. The summed E-state index contributed by atoms with van der Waals surface area (Å²) in [7, 11) is 0. The Morgan fingerprint density at radius 3 is 2.52 bits per heavy atom. The maximum atomic E-state index is 12.4. The van der Waals surface area contributed by atoms with Gasteiger partial charge in [-0.15, -0.1) is 0 Å². The summed E-state index contributed by atoms with van der Waals surface area (Å²) in [6.07, 6.45) is 3.57. The molecule has 0 atom stereocenters. The Kier molecular flexibility index (Phi) is 5.44. The molecule has 4 heteroatoms. The molecule has 2 aromatic rings. The van der Waals surface area contributed by atoms with Crippen LogP contribution in [-0.2, 0) is 4.79 Å². The summed E-state index contributed by atoms with van der Waals surface area (Å²) in [5, 5.41) is 0.750. The highest BCUT2D eigenvalue weighted by atomic mass is 35.5. The maximum absolute atomic E-state index is 12.4. The van der Waals surface area contributed by atoms with Crippen molar-refractivity contribution in [3.63, 3.8) is 0 Å². The van der Waals surface area contributed by atoms with Crippen LogP contribution in [0.2, 0.25) is 5.02 Å². The fourth-order valence-electron chi connectivity index (χ4n) is 3.14. The molecule has 130 valence electrons. The molecule has 0 aliphatic carbocycles. The molecule has 1 heterocycles. The van der Waals surface area contributed by atoms with E-state index in [0.29, 0.717) is 0 Å². The van der Waals surface area contributed by atoms with Gasteiger partial charge in [-0.3, -0.25) is 4.79 Å². The van der Waals surface area contributed by atoms with Crippen molar-refractivity contribution in [2.75, 3.05) is 31.1 Å². The molecule has 1 aliphatic rings. The quantitative estimate of drug-likeness (QED) is 0.766. The van der Waals surface area contributed by atoms with Crippen LogP contribution in [-0.4, -0.2) is 37.0 Å². The van der Waals surface area contributed by atoms with Gasteiger partial charge in [-0.05, 0) is 43.2 Å². The molecule has 3 nitrogen and oxygen atoms in total. The van der Waals surface area contributed by atoms with Gasteiger partial charge in [0, 0.05) is 43.0 Å². The molecule has 1 fully saturated rings. The molecule has 2 aromatic carbocycles. The van der Waals surface area contributed by atoms with Gasteiger partial charge in [0.2, 0.25) is 5.91 Å². The zero-order valence-electron chi connectivity index (χ0n) is 14.7. The molecule has 3 rings (SSSR count). The first-order valence-electron chi connectivity index (χ1n) is 8.58. The summed E-state index contributed by atoms with van der Waals surface area (Å²) in [5.41, 5.74) is 4.63. The van der Waals surface area contributed by atoms with Crippen molar-refractivity contribution in [3.05, 3.63) is 70.3 Å². The molecule has 1 aliphatic heterocycles. The monoisotopic (exact) mass is 354 g/mol. The number of carbonyl (C=O) groups excluding carboxylic acids is 1. The number of nitrogens with zero attached hydrogens (tertiary/aromatic N) is 2. The van der Waals surface area contributed by atoms with Crippen LogP contribution in [0.3, 0.4) is 0 Å². The molecular weight excluding hydrogens is 332 g/mol. The highest BCUT2D eigenvalue weighted by Gasteiger charge is 2.20.